The molecule has 0 bridgehead atoms. The first-order valence-electron chi connectivity index (χ1n) is 6.37. The third-order valence-corrected chi connectivity index (χ3v) is 3.51. The van der Waals surface area contributed by atoms with Crippen LogP contribution in [0.4, 0.5) is 0 Å². The van der Waals surface area contributed by atoms with Crippen molar-refractivity contribution >= 4 is 18.0 Å². The average Bonchev–Trinajstić information content (AvgIpc) is 2.50. The summed E-state index contributed by atoms with van der Waals surface area (Å²) in [4.78, 5) is 23.9. The predicted octanol–water partition coefficient (Wildman–Crippen LogP) is 2.69. The van der Waals surface area contributed by atoms with E-state index in [0.29, 0.717) is 0 Å². The van der Waals surface area contributed by atoms with E-state index in [4.69, 9.17) is 9.47 Å². The summed E-state index contributed by atoms with van der Waals surface area (Å²) in [5.41, 5.74) is -0.356. The average molecular weight is 276 g/mol. The zero-order valence-electron chi connectivity index (χ0n) is 12.3. The molecule has 4 heteroatoms. The van der Waals surface area contributed by atoms with Gasteiger partial charge in [0, 0.05) is 5.92 Å². The number of benzene rings is 1. The molecule has 0 saturated heterocycles. The van der Waals surface area contributed by atoms with Gasteiger partial charge in [-0.05, 0) is 12.5 Å². The van der Waals surface area contributed by atoms with Gasteiger partial charge in [0.1, 0.15) is 0 Å². The van der Waals surface area contributed by atoms with Gasteiger partial charge in [0.25, 0.3) is 0 Å². The van der Waals surface area contributed by atoms with Gasteiger partial charge in [-0.2, -0.15) is 0 Å². The quantitative estimate of drug-likeness (QED) is 0.613. The molecule has 1 aromatic carbocycles. The third kappa shape index (κ3) is 3.26. The van der Waals surface area contributed by atoms with Crippen LogP contribution in [0.3, 0.4) is 0 Å². The second-order valence-corrected chi connectivity index (χ2v) is 4.74. The summed E-state index contributed by atoms with van der Waals surface area (Å²) in [5.74, 6) is -1.56. The number of rotatable bonds is 5. The van der Waals surface area contributed by atoms with Crippen molar-refractivity contribution in [2.24, 2.45) is 11.3 Å². The molecule has 0 heterocycles. The lowest BCUT2D eigenvalue weighted by Crippen LogP contribution is -2.43. The number of carbonyl (C=O) groups excluding carboxylic acids is 2. The first-order chi connectivity index (χ1) is 9.46. The normalized spacial score (nSPS) is 13.0. The molecule has 1 atom stereocenters. The van der Waals surface area contributed by atoms with Gasteiger partial charge in [-0.1, -0.05) is 49.4 Å². The monoisotopic (exact) mass is 276 g/mol. The molecule has 4 nitrogen and oxygen atoms in total. The third-order valence-electron chi connectivity index (χ3n) is 3.51. The van der Waals surface area contributed by atoms with Crippen LogP contribution >= 0.6 is 0 Å². The van der Waals surface area contributed by atoms with Crippen LogP contribution in [0.15, 0.2) is 36.4 Å². The van der Waals surface area contributed by atoms with Crippen molar-refractivity contribution in [2.75, 3.05) is 14.2 Å². The molecule has 0 radical (unpaired) electrons. The lowest BCUT2D eigenvalue weighted by molar-refractivity contribution is -0.170. The Labute approximate surface area is 119 Å². The Morgan fingerprint density at radius 2 is 1.60 bits per heavy atom. The van der Waals surface area contributed by atoms with Crippen LogP contribution in [-0.2, 0) is 19.1 Å². The number of hydrogen-bond acceptors (Lipinski definition) is 4. The SMILES string of the molecule is COC(=O)C(C)(C(=O)OC)C(C)/C=C/c1ccccc1. The molecule has 1 unspecified atom stereocenters. The highest BCUT2D eigenvalue weighted by Crippen LogP contribution is 2.32. The summed E-state index contributed by atoms with van der Waals surface area (Å²) in [6, 6.07) is 9.65. The molecular formula is C16H20O4. The van der Waals surface area contributed by atoms with Gasteiger partial charge in [-0.15, -0.1) is 0 Å². The molecule has 0 spiro atoms. The van der Waals surface area contributed by atoms with Crippen LogP contribution in [0, 0.1) is 11.3 Å². The van der Waals surface area contributed by atoms with Crippen LogP contribution in [0.2, 0.25) is 0 Å². The van der Waals surface area contributed by atoms with Gasteiger partial charge in [-0.25, -0.2) is 0 Å². The first kappa shape index (κ1) is 16.0. The van der Waals surface area contributed by atoms with E-state index in [-0.39, 0.29) is 5.92 Å². The van der Waals surface area contributed by atoms with Crippen molar-refractivity contribution in [1.82, 2.24) is 0 Å². The number of methoxy groups -OCH3 is 2. The minimum Gasteiger partial charge on any atom is -0.468 e. The number of ether oxygens (including phenoxy) is 2. The number of esters is 2. The molecule has 0 N–H and O–H groups in total. The summed E-state index contributed by atoms with van der Waals surface area (Å²) in [7, 11) is 2.52. The number of carbonyl (C=O) groups is 2. The van der Waals surface area contributed by atoms with Crippen LogP contribution in [-0.4, -0.2) is 26.2 Å². The smallest absolute Gasteiger partial charge is 0.323 e. The van der Waals surface area contributed by atoms with Crippen LogP contribution in [0.1, 0.15) is 19.4 Å². The van der Waals surface area contributed by atoms with Crippen molar-refractivity contribution in [2.45, 2.75) is 13.8 Å². The minimum absolute atomic E-state index is 0.359. The fourth-order valence-electron chi connectivity index (χ4n) is 1.89. The number of allylic oxidation sites excluding steroid dienone is 1. The van der Waals surface area contributed by atoms with Crippen molar-refractivity contribution in [3.05, 3.63) is 42.0 Å². The van der Waals surface area contributed by atoms with E-state index in [1.165, 1.54) is 21.1 Å². The zero-order chi connectivity index (χ0) is 15.2. The second kappa shape index (κ2) is 6.89. The molecule has 0 saturated carbocycles. The molecule has 1 rings (SSSR count). The molecule has 1 aromatic rings. The maximum Gasteiger partial charge on any atom is 0.323 e. The van der Waals surface area contributed by atoms with E-state index in [2.05, 4.69) is 0 Å². The topological polar surface area (TPSA) is 52.6 Å². The highest BCUT2D eigenvalue weighted by atomic mass is 16.5. The Morgan fingerprint density at radius 3 is 2.05 bits per heavy atom. The van der Waals surface area contributed by atoms with Crippen molar-refractivity contribution < 1.29 is 19.1 Å². The fourth-order valence-corrected chi connectivity index (χ4v) is 1.89. The van der Waals surface area contributed by atoms with Gasteiger partial charge in [0.2, 0.25) is 0 Å². The van der Waals surface area contributed by atoms with E-state index in [9.17, 15) is 9.59 Å². The molecule has 20 heavy (non-hydrogen) atoms. The molecule has 0 fully saturated rings. The van der Waals surface area contributed by atoms with Gasteiger partial charge in [0.15, 0.2) is 5.41 Å². The standard InChI is InChI=1S/C16H20O4/c1-12(10-11-13-8-6-5-7-9-13)16(2,14(17)19-3)15(18)20-4/h5-12H,1-4H3/b11-10+. The highest BCUT2D eigenvalue weighted by molar-refractivity contribution is 6.00. The summed E-state index contributed by atoms with van der Waals surface area (Å²) in [6.45, 7) is 3.32. The van der Waals surface area contributed by atoms with E-state index in [1.54, 1.807) is 6.92 Å². The van der Waals surface area contributed by atoms with E-state index in [0.717, 1.165) is 5.56 Å². The molecule has 0 aliphatic carbocycles. The molecule has 0 aliphatic heterocycles. The maximum atomic E-state index is 11.9. The summed E-state index contributed by atoms with van der Waals surface area (Å²) in [5, 5.41) is 0. The van der Waals surface area contributed by atoms with Gasteiger partial charge in [0.05, 0.1) is 14.2 Å². The number of hydrogen-bond donors (Lipinski definition) is 0. The van der Waals surface area contributed by atoms with E-state index in [1.807, 2.05) is 42.5 Å². The van der Waals surface area contributed by atoms with Crippen molar-refractivity contribution in [1.29, 1.82) is 0 Å². The summed E-state index contributed by atoms with van der Waals surface area (Å²) < 4.78 is 9.48. The summed E-state index contributed by atoms with van der Waals surface area (Å²) in [6.07, 6.45) is 3.68. The van der Waals surface area contributed by atoms with Crippen LogP contribution in [0.25, 0.3) is 6.08 Å². The Hall–Kier alpha value is -2.10. The Bertz CT molecular complexity index is 474. The highest BCUT2D eigenvalue weighted by Gasteiger charge is 2.47. The Balaban J connectivity index is 3.00. The molecule has 0 amide bonds. The maximum absolute atomic E-state index is 11.9. The summed E-state index contributed by atoms with van der Waals surface area (Å²) >= 11 is 0. The van der Waals surface area contributed by atoms with E-state index < -0.39 is 17.4 Å². The molecule has 0 aromatic heterocycles. The largest absolute Gasteiger partial charge is 0.468 e. The van der Waals surface area contributed by atoms with Crippen molar-refractivity contribution in [3.8, 4) is 0 Å². The minimum atomic E-state index is -1.35. The van der Waals surface area contributed by atoms with Gasteiger partial charge >= 0.3 is 11.9 Å². The second-order valence-electron chi connectivity index (χ2n) is 4.74. The van der Waals surface area contributed by atoms with Gasteiger partial charge in [-0.3, -0.25) is 9.59 Å². The first-order valence-corrected chi connectivity index (χ1v) is 6.37. The molecular weight excluding hydrogens is 256 g/mol. The predicted molar refractivity (Wildman–Crippen MR) is 76.8 cm³/mol. The van der Waals surface area contributed by atoms with Crippen molar-refractivity contribution in [3.63, 3.8) is 0 Å². The van der Waals surface area contributed by atoms with Crippen LogP contribution < -0.4 is 0 Å². The lowest BCUT2D eigenvalue weighted by Gasteiger charge is -2.28. The van der Waals surface area contributed by atoms with E-state index >= 15 is 0 Å². The Morgan fingerprint density at radius 1 is 1.10 bits per heavy atom. The Kier molecular flexibility index (Phi) is 5.50. The lowest BCUT2D eigenvalue weighted by atomic mass is 9.77. The van der Waals surface area contributed by atoms with Crippen LogP contribution in [0.5, 0.6) is 0 Å². The molecule has 108 valence electrons. The zero-order valence-corrected chi connectivity index (χ0v) is 12.3. The van der Waals surface area contributed by atoms with Gasteiger partial charge < -0.3 is 9.47 Å². The molecule has 0 aliphatic rings. The fraction of sp³-hybridized carbons (Fsp3) is 0.375.